The molecule has 0 amide bonds. The molecule has 7 heteroatoms. The highest BCUT2D eigenvalue weighted by Gasteiger charge is 2.47. The highest BCUT2D eigenvalue weighted by atomic mass is 19.1. The number of carboxylic acid groups (broad SMARTS) is 2. The minimum absolute atomic E-state index is 0.00102. The number of carboxylic acids is 2. The third-order valence-corrected chi connectivity index (χ3v) is 3.26. The van der Waals surface area contributed by atoms with Crippen molar-refractivity contribution in [1.29, 1.82) is 0 Å². The van der Waals surface area contributed by atoms with Crippen LogP contribution in [0.1, 0.15) is 0 Å². The molecule has 2 heterocycles. The Morgan fingerprint density at radius 2 is 1.71 bits per heavy atom. The molecule has 17 heavy (non-hydrogen) atoms. The second-order valence-corrected chi connectivity index (χ2v) is 4.73. The molecule has 0 aromatic heterocycles. The van der Waals surface area contributed by atoms with Crippen molar-refractivity contribution in [3.05, 3.63) is 0 Å². The summed E-state index contributed by atoms with van der Waals surface area (Å²) in [7, 11) is 0. The SMILES string of the molecule is O=C(O)[C@H]1CN(CC2(F)COC2)C[C@@H]1C(=O)O. The molecular weight excluding hydrogens is 233 g/mol. The van der Waals surface area contributed by atoms with E-state index < -0.39 is 29.4 Å². The standard InChI is InChI=1S/C10H14FNO5/c11-10(4-17-5-10)3-12-1-6(8(13)14)7(2-12)9(15)16/h6-7H,1-5H2,(H,13,14)(H,15,16)/t6-,7-/m0/s1. The van der Waals surface area contributed by atoms with Gasteiger partial charge in [-0.15, -0.1) is 0 Å². The Balaban J connectivity index is 1.98. The first kappa shape index (κ1) is 12.3. The smallest absolute Gasteiger partial charge is 0.308 e. The van der Waals surface area contributed by atoms with E-state index in [0.717, 1.165) is 0 Å². The zero-order valence-corrected chi connectivity index (χ0v) is 9.13. The van der Waals surface area contributed by atoms with Gasteiger partial charge in [0.2, 0.25) is 0 Å². The maximum Gasteiger partial charge on any atom is 0.308 e. The van der Waals surface area contributed by atoms with Gasteiger partial charge in [0.05, 0.1) is 25.0 Å². The highest BCUT2D eigenvalue weighted by Crippen LogP contribution is 2.29. The summed E-state index contributed by atoms with van der Waals surface area (Å²) in [5.41, 5.74) is -1.45. The van der Waals surface area contributed by atoms with E-state index in [2.05, 4.69) is 0 Å². The number of ether oxygens (including phenoxy) is 1. The molecule has 0 radical (unpaired) electrons. The number of rotatable bonds is 4. The predicted octanol–water partition coefficient (Wildman–Crippen LogP) is -0.558. The minimum Gasteiger partial charge on any atom is -0.481 e. The quantitative estimate of drug-likeness (QED) is 0.692. The van der Waals surface area contributed by atoms with Gasteiger partial charge in [-0.1, -0.05) is 0 Å². The van der Waals surface area contributed by atoms with Gasteiger partial charge in [0.1, 0.15) is 0 Å². The summed E-state index contributed by atoms with van der Waals surface area (Å²) in [6, 6.07) is 0. The van der Waals surface area contributed by atoms with E-state index in [9.17, 15) is 14.0 Å². The van der Waals surface area contributed by atoms with Crippen LogP contribution in [-0.4, -0.2) is 65.6 Å². The first-order valence-corrected chi connectivity index (χ1v) is 5.36. The van der Waals surface area contributed by atoms with Gasteiger partial charge in [0, 0.05) is 19.6 Å². The van der Waals surface area contributed by atoms with Crippen molar-refractivity contribution in [2.24, 2.45) is 11.8 Å². The van der Waals surface area contributed by atoms with Crippen LogP contribution in [-0.2, 0) is 14.3 Å². The summed E-state index contributed by atoms with van der Waals surface area (Å²) in [5.74, 6) is -4.20. The van der Waals surface area contributed by atoms with Gasteiger partial charge in [-0.05, 0) is 0 Å². The van der Waals surface area contributed by atoms with Crippen molar-refractivity contribution in [3.8, 4) is 0 Å². The van der Waals surface area contributed by atoms with Gasteiger partial charge in [-0.3, -0.25) is 14.5 Å². The largest absolute Gasteiger partial charge is 0.481 e. The van der Waals surface area contributed by atoms with Crippen LogP contribution in [0.3, 0.4) is 0 Å². The predicted molar refractivity (Wildman–Crippen MR) is 53.3 cm³/mol. The number of aliphatic carboxylic acids is 2. The Morgan fingerprint density at radius 3 is 2.00 bits per heavy atom. The topological polar surface area (TPSA) is 87.1 Å². The Hall–Kier alpha value is -1.21. The summed E-state index contributed by atoms with van der Waals surface area (Å²) in [6.07, 6.45) is 0. The van der Waals surface area contributed by atoms with E-state index in [1.165, 1.54) is 0 Å². The van der Waals surface area contributed by atoms with Crippen molar-refractivity contribution in [2.75, 3.05) is 32.8 Å². The van der Waals surface area contributed by atoms with E-state index in [1.807, 2.05) is 0 Å². The number of halogens is 1. The third kappa shape index (κ3) is 2.39. The Labute approximate surface area is 97.0 Å². The molecule has 0 aromatic carbocycles. The highest BCUT2D eigenvalue weighted by molar-refractivity contribution is 5.81. The van der Waals surface area contributed by atoms with Gasteiger partial charge < -0.3 is 14.9 Å². The Kier molecular flexibility index (Phi) is 3.05. The molecule has 96 valence electrons. The number of nitrogens with zero attached hydrogens (tertiary/aromatic N) is 1. The van der Waals surface area contributed by atoms with Crippen LogP contribution in [0, 0.1) is 11.8 Å². The van der Waals surface area contributed by atoms with Crippen LogP contribution in [0.2, 0.25) is 0 Å². The lowest BCUT2D eigenvalue weighted by molar-refractivity contribution is -0.151. The lowest BCUT2D eigenvalue weighted by atomic mass is 9.97. The van der Waals surface area contributed by atoms with Crippen LogP contribution >= 0.6 is 0 Å². The molecular formula is C10H14FNO5. The monoisotopic (exact) mass is 247 g/mol. The first-order valence-electron chi connectivity index (χ1n) is 5.36. The molecule has 0 spiro atoms. The molecule has 0 unspecified atom stereocenters. The normalized spacial score (nSPS) is 32.1. The third-order valence-electron chi connectivity index (χ3n) is 3.26. The number of hydrogen-bond acceptors (Lipinski definition) is 4. The van der Waals surface area contributed by atoms with Crippen molar-refractivity contribution in [2.45, 2.75) is 5.67 Å². The van der Waals surface area contributed by atoms with Gasteiger partial charge >= 0.3 is 11.9 Å². The maximum absolute atomic E-state index is 13.8. The second kappa shape index (κ2) is 4.23. The lowest BCUT2D eigenvalue weighted by Crippen LogP contribution is -2.53. The zero-order chi connectivity index (χ0) is 12.6. The van der Waals surface area contributed by atoms with Gasteiger partial charge in [0.25, 0.3) is 0 Å². The molecule has 6 nitrogen and oxygen atoms in total. The number of likely N-dealkylation sites (tertiary alicyclic amines) is 1. The maximum atomic E-state index is 13.8. The molecule has 0 aromatic rings. The number of carbonyl (C=O) groups is 2. The van der Waals surface area contributed by atoms with Gasteiger partial charge in [-0.25, -0.2) is 4.39 Å². The van der Waals surface area contributed by atoms with Crippen LogP contribution in [0.25, 0.3) is 0 Å². The fraction of sp³-hybridized carbons (Fsp3) is 0.800. The lowest BCUT2D eigenvalue weighted by Gasteiger charge is -2.36. The molecule has 0 aliphatic carbocycles. The van der Waals surface area contributed by atoms with E-state index in [1.54, 1.807) is 4.90 Å². The van der Waals surface area contributed by atoms with Crippen LogP contribution in [0.15, 0.2) is 0 Å². The summed E-state index contributed by atoms with van der Waals surface area (Å²) >= 11 is 0. The molecule has 2 saturated heterocycles. The van der Waals surface area contributed by atoms with E-state index in [-0.39, 0.29) is 32.8 Å². The zero-order valence-electron chi connectivity index (χ0n) is 9.13. The van der Waals surface area contributed by atoms with Crippen LogP contribution in [0.5, 0.6) is 0 Å². The van der Waals surface area contributed by atoms with Crippen LogP contribution < -0.4 is 0 Å². The van der Waals surface area contributed by atoms with E-state index in [0.29, 0.717) is 0 Å². The summed E-state index contributed by atoms with van der Waals surface area (Å²) in [4.78, 5) is 23.4. The average Bonchev–Trinajstić information content (AvgIpc) is 2.59. The first-order chi connectivity index (χ1) is 7.91. The molecule has 2 fully saturated rings. The molecule has 2 N–H and O–H groups in total. The molecule has 2 atom stereocenters. The van der Waals surface area contributed by atoms with Crippen molar-refractivity contribution in [3.63, 3.8) is 0 Å². The second-order valence-electron chi connectivity index (χ2n) is 4.73. The fourth-order valence-electron chi connectivity index (χ4n) is 2.33. The van der Waals surface area contributed by atoms with Gasteiger partial charge in [-0.2, -0.15) is 0 Å². The van der Waals surface area contributed by atoms with Gasteiger partial charge in [0.15, 0.2) is 5.67 Å². The molecule has 2 rings (SSSR count). The van der Waals surface area contributed by atoms with E-state index >= 15 is 0 Å². The summed E-state index contributed by atoms with van der Waals surface area (Å²) < 4.78 is 18.5. The van der Waals surface area contributed by atoms with E-state index in [4.69, 9.17) is 14.9 Å². The molecule has 2 aliphatic rings. The van der Waals surface area contributed by atoms with Crippen LogP contribution in [0.4, 0.5) is 4.39 Å². The summed E-state index contributed by atoms with van der Waals surface area (Å²) in [6.45, 7) is 0.203. The number of hydrogen-bond donors (Lipinski definition) is 2. The fourth-order valence-corrected chi connectivity index (χ4v) is 2.33. The molecule has 0 bridgehead atoms. The van der Waals surface area contributed by atoms with Crippen molar-refractivity contribution < 1.29 is 28.9 Å². The minimum atomic E-state index is -1.45. The van der Waals surface area contributed by atoms with Crippen molar-refractivity contribution in [1.82, 2.24) is 4.90 Å². The van der Waals surface area contributed by atoms with Crippen molar-refractivity contribution >= 4 is 11.9 Å². The Bertz CT molecular complexity index is 322. The Morgan fingerprint density at radius 1 is 1.24 bits per heavy atom. The average molecular weight is 247 g/mol. The number of alkyl halides is 1. The molecule has 2 aliphatic heterocycles. The molecule has 0 saturated carbocycles. The summed E-state index contributed by atoms with van der Waals surface area (Å²) in [5, 5.41) is 17.8.